The summed E-state index contributed by atoms with van der Waals surface area (Å²) in [5, 5.41) is 13.5. The first-order valence-corrected chi connectivity index (χ1v) is 5.52. The molecule has 1 atom stereocenters. The van der Waals surface area contributed by atoms with Gasteiger partial charge in [0.05, 0.1) is 4.92 Å². The van der Waals surface area contributed by atoms with Crippen molar-refractivity contribution in [1.82, 2.24) is 5.32 Å². The van der Waals surface area contributed by atoms with Crippen LogP contribution in [0.3, 0.4) is 0 Å². The highest BCUT2D eigenvalue weighted by Gasteiger charge is 2.18. The van der Waals surface area contributed by atoms with Crippen LogP contribution in [-0.4, -0.2) is 16.9 Å². The van der Waals surface area contributed by atoms with Crippen molar-refractivity contribution >= 4 is 11.6 Å². The molecule has 17 heavy (non-hydrogen) atoms. The molecule has 1 N–H and O–H groups in total. The molecule has 0 radical (unpaired) electrons. The number of hydrogen-bond acceptors (Lipinski definition) is 3. The van der Waals surface area contributed by atoms with Crippen LogP contribution in [0.1, 0.15) is 36.2 Å². The molecule has 0 bridgehead atoms. The van der Waals surface area contributed by atoms with Crippen LogP contribution >= 0.6 is 0 Å². The summed E-state index contributed by atoms with van der Waals surface area (Å²) in [5.41, 5.74) is 0.736. The fraction of sp³-hybridized carbons (Fsp3) is 0.417. The highest BCUT2D eigenvalue weighted by molar-refractivity contribution is 5.96. The van der Waals surface area contributed by atoms with Crippen LogP contribution in [0.15, 0.2) is 18.2 Å². The smallest absolute Gasteiger partial charge is 0.273 e. The Labute approximate surface area is 100.0 Å². The number of hydrogen-bond donors (Lipinski definition) is 1. The van der Waals surface area contributed by atoms with Gasteiger partial charge in [-0.3, -0.25) is 14.9 Å². The first kappa shape index (κ1) is 13.2. The van der Waals surface area contributed by atoms with Gasteiger partial charge in [0.1, 0.15) is 0 Å². The highest BCUT2D eigenvalue weighted by atomic mass is 16.6. The number of rotatable bonds is 4. The summed E-state index contributed by atoms with van der Waals surface area (Å²) >= 11 is 0. The van der Waals surface area contributed by atoms with Gasteiger partial charge >= 0.3 is 0 Å². The summed E-state index contributed by atoms with van der Waals surface area (Å²) in [6.07, 6.45) is 0.819. The molecule has 1 amide bonds. The fourth-order valence-corrected chi connectivity index (χ4v) is 1.47. The Morgan fingerprint density at radius 2 is 2.18 bits per heavy atom. The molecule has 0 saturated heterocycles. The van der Waals surface area contributed by atoms with Crippen LogP contribution in [0.25, 0.3) is 0 Å². The van der Waals surface area contributed by atoms with Gasteiger partial charge in [0.25, 0.3) is 11.6 Å². The lowest BCUT2D eigenvalue weighted by Crippen LogP contribution is -2.32. The predicted octanol–water partition coefficient (Wildman–Crippen LogP) is 2.43. The first-order valence-electron chi connectivity index (χ1n) is 5.52. The molecular weight excluding hydrogens is 220 g/mol. The lowest BCUT2D eigenvalue weighted by atomic mass is 10.1. The van der Waals surface area contributed by atoms with Crippen LogP contribution in [-0.2, 0) is 0 Å². The monoisotopic (exact) mass is 236 g/mol. The lowest BCUT2D eigenvalue weighted by molar-refractivity contribution is -0.385. The minimum Gasteiger partial charge on any atom is -0.350 e. The molecule has 1 unspecified atom stereocenters. The van der Waals surface area contributed by atoms with Crippen molar-refractivity contribution in [2.75, 3.05) is 0 Å². The number of amides is 1. The summed E-state index contributed by atoms with van der Waals surface area (Å²) in [6, 6.07) is 4.58. The largest absolute Gasteiger partial charge is 0.350 e. The van der Waals surface area contributed by atoms with Crippen molar-refractivity contribution in [3.8, 4) is 0 Å². The summed E-state index contributed by atoms with van der Waals surface area (Å²) in [6.45, 7) is 5.44. The molecule has 0 aromatic heterocycles. The van der Waals surface area contributed by atoms with Gasteiger partial charge in [0.15, 0.2) is 0 Å². The topological polar surface area (TPSA) is 72.2 Å². The van der Waals surface area contributed by atoms with E-state index in [1.165, 1.54) is 12.1 Å². The van der Waals surface area contributed by atoms with Gasteiger partial charge in [0, 0.05) is 23.2 Å². The Morgan fingerprint density at radius 1 is 1.53 bits per heavy atom. The molecule has 1 aromatic rings. The molecule has 5 nitrogen and oxygen atoms in total. The molecule has 92 valence electrons. The third-order valence-electron chi connectivity index (χ3n) is 2.74. The maximum absolute atomic E-state index is 11.9. The molecule has 0 saturated carbocycles. The van der Waals surface area contributed by atoms with Gasteiger partial charge in [-0.05, 0) is 26.3 Å². The highest BCUT2D eigenvalue weighted by Crippen LogP contribution is 2.21. The Morgan fingerprint density at radius 3 is 2.71 bits per heavy atom. The van der Waals surface area contributed by atoms with E-state index in [0.29, 0.717) is 11.1 Å². The molecule has 0 aliphatic rings. The fourth-order valence-electron chi connectivity index (χ4n) is 1.47. The third kappa shape index (κ3) is 3.03. The number of nitro groups is 1. The summed E-state index contributed by atoms with van der Waals surface area (Å²) < 4.78 is 0. The van der Waals surface area contributed by atoms with E-state index < -0.39 is 4.92 Å². The van der Waals surface area contributed by atoms with E-state index in [4.69, 9.17) is 0 Å². The summed E-state index contributed by atoms with van der Waals surface area (Å²) in [7, 11) is 0. The molecule has 0 spiro atoms. The van der Waals surface area contributed by atoms with Crippen LogP contribution < -0.4 is 5.32 Å². The number of carbonyl (C=O) groups is 1. The van der Waals surface area contributed by atoms with E-state index in [1.807, 2.05) is 13.8 Å². The van der Waals surface area contributed by atoms with Gasteiger partial charge in [-0.15, -0.1) is 0 Å². The number of carbonyl (C=O) groups excluding carboxylic acids is 1. The average Bonchev–Trinajstić information content (AvgIpc) is 2.28. The van der Waals surface area contributed by atoms with Gasteiger partial charge in [-0.25, -0.2) is 0 Å². The maximum Gasteiger partial charge on any atom is 0.273 e. The molecule has 0 heterocycles. The molecule has 5 heteroatoms. The predicted molar refractivity (Wildman–Crippen MR) is 65.1 cm³/mol. The lowest BCUT2D eigenvalue weighted by Gasteiger charge is -2.12. The van der Waals surface area contributed by atoms with E-state index in [0.717, 1.165) is 6.42 Å². The molecule has 0 aliphatic heterocycles. The van der Waals surface area contributed by atoms with Crippen LogP contribution in [0.5, 0.6) is 0 Å². The Bertz CT molecular complexity index is 443. The SMILES string of the molecule is CCC(C)NC(=O)c1cccc([N+](=O)[O-])c1C. The van der Waals surface area contributed by atoms with Gasteiger partial charge in [0.2, 0.25) is 0 Å². The van der Waals surface area contributed by atoms with Crippen molar-refractivity contribution in [3.05, 3.63) is 39.4 Å². The number of nitrogens with one attached hydrogen (secondary N) is 1. The van der Waals surface area contributed by atoms with E-state index in [9.17, 15) is 14.9 Å². The Balaban J connectivity index is 3.02. The second kappa shape index (κ2) is 5.43. The normalized spacial score (nSPS) is 11.9. The quantitative estimate of drug-likeness (QED) is 0.644. The number of nitrogens with zero attached hydrogens (tertiary/aromatic N) is 1. The van der Waals surface area contributed by atoms with Gasteiger partial charge in [-0.1, -0.05) is 13.0 Å². The number of nitro benzene ring substituents is 1. The molecule has 0 fully saturated rings. The van der Waals surface area contributed by atoms with Crippen molar-refractivity contribution in [2.45, 2.75) is 33.2 Å². The minimum absolute atomic E-state index is 0.0261. The first-order chi connectivity index (χ1) is 7.97. The van der Waals surface area contributed by atoms with E-state index in [2.05, 4.69) is 5.32 Å². The van der Waals surface area contributed by atoms with Crippen molar-refractivity contribution in [2.24, 2.45) is 0 Å². The Kier molecular flexibility index (Phi) is 4.20. The van der Waals surface area contributed by atoms with E-state index in [1.54, 1.807) is 13.0 Å². The summed E-state index contributed by atoms with van der Waals surface area (Å²) in [5.74, 6) is -0.263. The van der Waals surface area contributed by atoms with Crippen LogP contribution in [0.2, 0.25) is 0 Å². The van der Waals surface area contributed by atoms with Crippen molar-refractivity contribution in [3.63, 3.8) is 0 Å². The molecule has 0 aliphatic carbocycles. The standard InChI is InChI=1S/C12H16N2O3/c1-4-8(2)13-12(15)10-6-5-7-11(9(10)3)14(16)17/h5-8H,4H2,1-3H3,(H,13,15). The zero-order chi connectivity index (χ0) is 13.0. The summed E-state index contributed by atoms with van der Waals surface area (Å²) in [4.78, 5) is 22.1. The molecule has 1 aromatic carbocycles. The molecular formula is C12H16N2O3. The molecule has 1 rings (SSSR count). The van der Waals surface area contributed by atoms with Gasteiger partial charge < -0.3 is 5.32 Å². The van der Waals surface area contributed by atoms with Crippen LogP contribution in [0, 0.1) is 17.0 Å². The third-order valence-corrected chi connectivity index (χ3v) is 2.74. The van der Waals surface area contributed by atoms with Crippen LogP contribution in [0.4, 0.5) is 5.69 Å². The Hall–Kier alpha value is -1.91. The van der Waals surface area contributed by atoms with Crippen molar-refractivity contribution in [1.29, 1.82) is 0 Å². The van der Waals surface area contributed by atoms with E-state index >= 15 is 0 Å². The maximum atomic E-state index is 11.9. The zero-order valence-electron chi connectivity index (χ0n) is 10.2. The minimum atomic E-state index is -0.477. The zero-order valence-corrected chi connectivity index (χ0v) is 10.2. The van der Waals surface area contributed by atoms with E-state index in [-0.39, 0.29) is 17.6 Å². The second-order valence-corrected chi connectivity index (χ2v) is 3.99. The second-order valence-electron chi connectivity index (χ2n) is 3.99. The van der Waals surface area contributed by atoms with Gasteiger partial charge in [-0.2, -0.15) is 0 Å². The number of benzene rings is 1. The average molecular weight is 236 g/mol. The van der Waals surface area contributed by atoms with Crippen molar-refractivity contribution < 1.29 is 9.72 Å².